The molecule has 0 aromatic heterocycles. The smallest absolute Gasteiger partial charge is 0.333 e. The van der Waals surface area contributed by atoms with E-state index in [2.05, 4.69) is 270 Å². The number of aryl methyl sites for hydroxylation is 2. The summed E-state index contributed by atoms with van der Waals surface area (Å²) in [4.78, 5) is 7.82. The average molecular weight is 944 g/mol. The van der Waals surface area contributed by atoms with Gasteiger partial charge in [-0.25, -0.2) is 0 Å². The maximum atomic E-state index is 2.67. The molecule has 1 aliphatic carbocycles. The number of hydrogen-bond acceptors (Lipinski definition) is 3. The summed E-state index contributed by atoms with van der Waals surface area (Å²) in [6.07, 6.45) is 2.33. The molecule has 0 atom stereocenters. The number of fused-ring (bicyclic) bond motifs is 6. The van der Waals surface area contributed by atoms with Crippen LogP contribution >= 0.6 is 0 Å². The summed E-state index contributed by atoms with van der Waals surface area (Å²) >= 11 is 0. The SMILES string of the molecule is Cc1cc2c3c(c1)N(c1cc4c(cc1C)C(C)(C)CCC4(C)C)c1cc(N(c4ccc(C(C)(C)C)cc4)c4ccc(C(C)(C)C)cc4)ccc1B3N(c1ccc(C(C)(C)C)cc1)c1cc3ccccc3cc1-2. The highest BCUT2D eigenvalue weighted by Gasteiger charge is 2.47. The number of anilines is 8. The van der Waals surface area contributed by atoms with E-state index >= 15 is 0 Å². The molecule has 72 heavy (non-hydrogen) atoms. The topological polar surface area (TPSA) is 9.72 Å². The van der Waals surface area contributed by atoms with Crippen LogP contribution in [0.15, 0.2) is 152 Å². The maximum Gasteiger partial charge on any atom is 0.333 e. The van der Waals surface area contributed by atoms with Crippen molar-refractivity contribution in [1.82, 2.24) is 0 Å². The summed E-state index contributed by atoms with van der Waals surface area (Å²) in [5.41, 5.74) is 24.5. The molecule has 2 aliphatic heterocycles. The van der Waals surface area contributed by atoms with Crippen LogP contribution in [0, 0.1) is 13.8 Å². The van der Waals surface area contributed by atoms with E-state index < -0.39 is 0 Å². The molecule has 0 N–H and O–H groups in total. The fourth-order valence-corrected chi connectivity index (χ4v) is 12.2. The normalized spacial score (nSPS) is 15.7. The Morgan fingerprint density at radius 1 is 0.458 bits per heavy atom. The van der Waals surface area contributed by atoms with Gasteiger partial charge < -0.3 is 14.6 Å². The Hall–Kier alpha value is -6.52. The third-order valence-electron chi connectivity index (χ3n) is 16.7. The highest BCUT2D eigenvalue weighted by molar-refractivity contribution is 6.93. The predicted octanol–water partition coefficient (Wildman–Crippen LogP) is 17.9. The molecule has 3 nitrogen and oxygen atoms in total. The summed E-state index contributed by atoms with van der Waals surface area (Å²) in [6.45, 7) is 35.1. The molecule has 8 aromatic rings. The van der Waals surface area contributed by atoms with Gasteiger partial charge in [-0.3, -0.25) is 0 Å². The Morgan fingerprint density at radius 3 is 1.50 bits per heavy atom. The lowest BCUT2D eigenvalue weighted by Gasteiger charge is -2.47. The van der Waals surface area contributed by atoms with Gasteiger partial charge in [0, 0.05) is 51.1 Å². The quantitative estimate of drug-likeness (QED) is 0.159. The van der Waals surface area contributed by atoms with Gasteiger partial charge in [0.2, 0.25) is 0 Å². The van der Waals surface area contributed by atoms with E-state index in [9.17, 15) is 0 Å². The van der Waals surface area contributed by atoms with Crippen molar-refractivity contribution in [3.05, 3.63) is 191 Å². The highest BCUT2D eigenvalue weighted by Crippen LogP contribution is 2.53. The number of rotatable bonds is 5. The molecule has 364 valence electrons. The van der Waals surface area contributed by atoms with Crippen molar-refractivity contribution in [1.29, 1.82) is 0 Å². The molecule has 11 rings (SSSR count). The van der Waals surface area contributed by atoms with Crippen molar-refractivity contribution in [3.8, 4) is 11.1 Å². The number of hydrogen-bond donors (Lipinski definition) is 0. The molecule has 0 unspecified atom stereocenters. The Labute approximate surface area is 432 Å². The minimum absolute atomic E-state index is 0.0305. The molecule has 0 saturated carbocycles. The summed E-state index contributed by atoms with van der Waals surface area (Å²) in [7, 11) is 0. The van der Waals surface area contributed by atoms with Crippen molar-refractivity contribution in [2.24, 2.45) is 0 Å². The third kappa shape index (κ3) is 7.96. The zero-order chi connectivity index (χ0) is 51.0. The minimum atomic E-state index is -0.107. The van der Waals surface area contributed by atoms with Gasteiger partial charge in [0.15, 0.2) is 0 Å². The number of nitrogens with zero attached hydrogens (tertiary/aromatic N) is 3. The van der Waals surface area contributed by atoms with Gasteiger partial charge in [-0.05, 0) is 193 Å². The van der Waals surface area contributed by atoms with E-state index in [4.69, 9.17) is 0 Å². The van der Waals surface area contributed by atoms with Gasteiger partial charge in [0.1, 0.15) is 0 Å². The maximum absolute atomic E-state index is 2.67. The van der Waals surface area contributed by atoms with Crippen molar-refractivity contribution >= 4 is 74.0 Å². The standard InChI is InChI=1S/C68H74BN3/c1-43-36-55-54-39-45-18-16-17-19-46(45)40-60(54)72(52-30-24-49(25-31-52)66(9,10)11)69-58-33-32-53(70(50-26-20-47(21-27-50)64(3,4)5)51-28-22-48(23-29-51)65(6,7)8)41-61(58)71(62(37-43)63(55)69)59-42-57-56(38-44(59)2)67(12,13)34-35-68(57,14)15/h16-33,36-42H,34-35H2,1-15H3. The zero-order valence-electron chi connectivity index (χ0n) is 45.8. The average Bonchev–Trinajstić information content (AvgIpc) is 3.32. The Bertz CT molecular complexity index is 3370. The van der Waals surface area contributed by atoms with Gasteiger partial charge in [-0.2, -0.15) is 0 Å². The number of benzene rings is 8. The minimum Gasteiger partial charge on any atom is -0.376 e. The van der Waals surface area contributed by atoms with Crippen molar-refractivity contribution in [3.63, 3.8) is 0 Å². The van der Waals surface area contributed by atoms with Gasteiger partial charge in [0.25, 0.3) is 0 Å². The molecule has 0 amide bonds. The molecular formula is C68H74BN3. The molecule has 8 aromatic carbocycles. The fourth-order valence-electron chi connectivity index (χ4n) is 12.2. The molecule has 0 fully saturated rings. The van der Waals surface area contributed by atoms with Gasteiger partial charge in [-0.1, -0.05) is 169 Å². The first-order valence-electron chi connectivity index (χ1n) is 26.6. The second-order valence-electron chi connectivity index (χ2n) is 26.0. The van der Waals surface area contributed by atoms with E-state index in [-0.39, 0.29) is 33.9 Å². The third-order valence-corrected chi connectivity index (χ3v) is 16.7. The van der Waals surface area contributed by atoms with Crippen LogP contribution in [0.3, 0.4) is 0 Å². The van der Waals surface area contributed by atoms with E-state index in [1.54, 1.807) is 0 Å². The van der Waals surface area contributed by atoms with Crippen LogP contribution in [0.2, 0.25) is 0 Å². The first-order valence-corrected chi connectivity index (χ1v) is 26.6. The second-order valence-corrected chi connectivity index (χ2v) is 26.0. The van der Waals surface area contributed by atoms with Crippen LogP contribution in [-0.4, -0.2) is 6.85 Å². The molecule has 0 radical (unpaired) electrons. The van der Waals surface area contributed by atoms with Crippen LogP contribution in [0.4, 0.5) is 45.5 Å². The Balaban J connectivity index is 1.23. The fraction of sp³-hybridized carbons (Fsp3) is 0.324. The van der Waals surface area contributed by atoms with Crippen LogP contribution in [0.5, 0.6) is 0 Å². The molecule has 3 aliphatic rings. The van der Waals surface area contributed by atoms with Gasteiger partial charge >= 0.3 is 6.85 Å². The Morgan fingerprint density at radius 2 is 0.958 bits per heavy atom. The molecule has 2 heterocycles. The molecule has 4 heteroatoms. The largest absolute Gasteiger partial charge is 0.376 e. The first kappa shape index (κ1) is 47.8. The van der Waals surface area contributed by atoms with Gasteiger partial charge in [-0.15, -0.1) is 0 Å². The monoisotopic (exact) mass is 944 g/mol. The lowest BCUT2D eigenvalue weighted by molar-refractivity contribution is 0.332. The van der Waals surface area contributed by atoms with Crippen molar-refractivity contribution in [2.45, 2.75) is 144 Å². The van der Waals surface area contributed by atoms with E-state index in [0.29, 0.717) is 0 Å². The first-order chi connectivity index (χ1) is 33.9. The van der Waals surface area contributed by atoms with Crippen LogP contribution < -0.4 is 25.5 Å². The summed E-state index contributed by atoms with van der Waals surface area (Å²) in [5.74, 6) is 0. The van der Waals surface area contributed by atoms with Crippen molar-refractivity contribution in [2.75, 3.05) is 14.6 Å². The summed E-state index contributed by atoms with van der Waals surface area (Å²) in [6, 6.07) is 59.3. The molecular weight excluding hydrogens is 870 g/mol. The van der Waals surface area contributed by atoms with Crippen LogP contribution in [0.1, 0.15) is 142 Å². The molecule has 0 spiro atoms. The Kier molecular flexibility index (Phi) is 11.0. The second kappa shape index (κ2) is 16.5. The highest BCUT2D eigenvalue weighted by atomic mass is 15.2. The molecule has 0 saturated heterocycles. The van der Waals surface area contributed by atoms with Crippen LogP contribution in [-0.2, 0) is 27.1 Å². The van der Waals surface area contributed by atoms with E-state index in [1.807, 2.05) is 0 Å². The lowest BCUT2D eigenvalue weighted by atomic mass is 9.43. The predicted molar refractivity (Wildman–Crippen MR) is 313 cm³/mol. The lowest BCUT2D eigenvalue weighted by Crippen LogP contribution is -2.61. The van der Waals surface area contributed by atoms with Gasteiger partial charge in [0.05, 0.1) is 0 Å². The summed E-state index contributed by atoms with van der Waals surface area (Å²) in [5, 5.41) is 2.50. The van der Waals surface area contributed by atoms with Crippen molar-refractivity contribution < 1.29 is 0 Å². The molecule has 0 bridgehead atoms. The summed E-state index contributed by atoms with van der Waals surface area (Å²) < 4.78 is 0. The zero-order valence-corrected chi connectivity index (χ0v) is 45.8. The van der Waals surface area contributed by atoms with Crippen LogP contribution in [0.25, 0.3) is 21.9 Å². The van der Waals surface area contributed by atoms with E-state index in [0.717, 1.165) is 23.5 Å². The van der Waals surface area contributed by atoms with E-state index in [1.165, 1.54) is 107 Å².